The maximum Gasteiger partial charge on any atom is 0.332 e. The number of hydrogen-bond acceptors (Lipinski definition) is 3. The van der Waals surface area contributed by atoms with Gasteiger partial charge in [0.05, 0.1) is 18.1 Å². The predicted octanol–water partition coefficient (Wildman–Crippen LogP) is 2.89. The number of imidazole rings is 1. The molecule has 0 radical (unpaired) electrons. The second kappa shape index (κ2) is 5.69. The maximum absolute atomic E-state index is 11.9. The van der Waals surface area contributed by atoms with E-state index in [0.717, 1.165) is 29.7 Å². The smallest absolute Gasteiger partial charge is 0.332 e. The molecule has 4 nitrogen and oxygen atoms in total. The molecule has 19 heavy (non-hydrogen) atoms. The largest absolute Gasteiger partial charge is 0.467 e. The van der Waals surface area contributed by atoms with Crippen LogP contribution in [0.5, 0.6) is 0 Å². The summed E-state index contributed by atoms with van der Waals surface area (Å²) in [6.45, 7) is 5.83. The minimum Gasteiger partial charge on any atom is -0.467 e. The van der Waals surface area contributed by atoms with E-state index in [1.807, 2.05) is 28.8 Å². The second-order valence-electron chi connectivity index (χ2n) is 4.34. The van der Waals surface area contributed by atoms with Crippen LogP contribution >= 0.6 is 0 Å². The predicted molar refractivity (Wildman–Crippen MR) is 75.0 cm³/mol. The number of carbonyl (C=O) groups is 1. The molecular formula is C15H18N2O2. The number of hydrogen-bond donors (Lipinski definition) is 0. The van der Waals surface area contributed by atoms with Gasteiger partial charge in [-0.15, -0.1) is 6.58 Å². The van der Waals surface area contributed by atoms with Gasteiger partial charge in [0.15, 0.2) is 6.04 Å². The molecule has 0 saturated heterocycles. The van der Waals surface area contributed by atoms with Gasteiger partial charge in [-0.25, -0.2) is 9.78 Å². The third-order valence-electron chi connectivity index (χ3n) is 3.09. The van der Waals surface area contributed by atoms with Crippen molar-refractivity contribution < 1.29 is 9.53 Å². The molecule has 1 heterocycles. The van der Waals surface area contributed by atoms with Crippen molar-refractivity contribution in [1.29, 1.82) is 0 Å². The number of carbonyl (C=O) groups excluding carboxylic acids is 1. The van der Waals surface area contributed by atoms with Crippen LogP contribution in [0.2, 0.25) is 0 Å². The minimum atomic E-state index is -0.529. The van der Waals surface area contributed by atoms with E-state index in [4.69, 9.17) is 4.74 Å². The summed E-state index contributed by atoms with van der Waals surface area (Å²) in [5, 5.41) is 0. The monoisotopic (exact) mass is 258 g/mol. The topological polar surface area (TPSA) is 44.1 Å². The van der Waals surface area contributed by atoms with Crippen molar-refractivity contribution in [3.63, 3.8) is 0 Å². The van der Waals surface area contributed by atoms with E-state index in [0.29, 0.717) is 0 Å². The molecule has 1 aromatic heterocycles. The highest BCUT2D eigenvalue weighted by Gasteiger charge is 2.22. The molecule has 4 heteroatoms. The van der Waals surface area contributed by atoms with E-state index < -0.39 is 6.04 Å². The summed E-state index contributed by atoms with van der Waals surface area (Å²) < 4.78 is 6.76. The van der Waals surface area contributed by atoms with Crippen LogP contribution in [0, 0.1) is 0 Å². The standard InChI is InChI=1S/C15H18N2O2/c1-4-8-14-16-11-9-6-7-10-13(11)17(14)12(5-2)15(18)19-3/h5-7,9-10,12H,2,4,8H2,1,3H3. The Labute approximate surface area is 112 Å². The molecule has 100 valence electrons. The third-order valence-corrected chi connectivity index (χ3v) is 3.09. The zero-order valence-electron chi connectivity index (χ0n) is 11.3. The van der Waals surface area contributed by atoms with Crippen molar-refractivity contribution in [1.82, 2.24) is 9.55 Å². The molecule has 1 unspecified atom stereocenters. The van der Waals surface area contributed by atoms with Crippen molar-refractivity contribution in [2.75, 3.05) is 7.11 Å². The highest BCUT2D eigenvalue weighted by molar-refractivity contribution is 5.82. The molecule has 2 aromatic rings. The van der Waals surface area contributed by atoms with Crippen molar-refractivity contribution in [2.45, 2.75) is 25.8 Å². The highest BCUT2D eigenvalue weighted by Crippen LogP contribution is 2.23. The first-order valence-corrected chi connectivity index (χ1v) is 6.39. The van der Waals surface area contributed by atoms with E-state index in [-0.39, 0.29) is 5.97 Å². The van der Waals surface area contributed by atoms with Gasteiger partial charge in [0, 0.05) is 6.42 Å². The molecule has 0 spiro atoms. The van der Waals surface area contributed by atoms with Crippen LogP contribution in [-0.2, 0) is 16.0 Å². The molecule has 0 saturated carbocycles. The van der Waals surface area contributed by atoms with Gasteiger partial charge in [-0.2, -0.15) is 0 Å². The van der Waals surface area contributed by atoms with Crippen LogP contribution in [0.25, 0.3) is 11.0 Å². The van der Waals surface area contributed by atoms with Crippen molar-refractivity contribution >= 4 is 17.0 Å². The quantitative estimate of drug-likeness (QED) is 0.612. The molecular weight excluding hydrogens is 240 g/mol. The van der Waals surface area contributed by atoms with Gasteiger partial charge in [0.1, 0.15) is 5.82 Å². The first-order chi connectivity index (χ1) is 9.22. The minimum absolute atomic E-state index is 0.324. The number of aryl methyl sites for hydroxylation is 1. The molecule has 1 atom stereocenters. The molecule has 2 rings (SSSR count). The first-order valence-electron chi connectivity index (χ1n) is 6.39. The summed E-state index contributed by atoms with van der Waals surface area (Å²) in [5.74, 6) is 0.564. The fourth-order valence-electron chi connectivity index (χ4n) is 2.23. The zero-order valence-corrected chi connectivity index (χ0v) is 11.3. The van der Waals surface area contributed by atoms with E-state index in [9.17, 15) is 4.79 Å². The number of ether oxygens (including phenoxy) is 1. The lowest BCUT2D eigenvalue weighted by molar-refractivity contribution is -0.142. The van der Waals surface area contributed by atoms with E-state index in [1.165, 1.54) is 7.11 Å². The van der Waals surface area contributed by atoms with Crippen LogP contribution in [0.3, 0.4) is 0 Å². The molecule has 1 aromatic carbocycles. The van der Waals surface area contributed by atoms with Crippen molar-refractivity contribution in [2.24, 2.45) is 0 Å². The maximum atomic E-state index is 11.9. The number of rotatable bonds is 5. The Morgan fingerprint density at radius 1 is 1.53 bits per heavy atom. The number of fused-ring (bicyclic) bond motifs is 1. The summed E-state index contributed by atoms with van der Waals surface area (Å²) in [7, 11) is 1.39. The van der Waals surface area contributed by atoms with E-state index in [2.05, 4.69) is 18.5 Å². The Hall–Kier alpha value is -2.10. The molecule has 0 amide bonds. The van der Waals surface area contributed by atoms with Gasteiger partial charge in [-0.05, 0) is 18.6 Å². The van der Waals surface area contributed by atoms with Crippen LogP contribution in [0.1, 0.15) is 25.2 Å². The van der Waals surface area contributed by atoms with Gasteiger partial charge in [0.25, 0.3) is 0 Å². The van der Waals surface area contributed by atoms with E-state index >= 15 is 0 Å². The van der Waals surface area contributed by atoms with Crippen LogP contribution in [0.15, 0.2) is 36.9 Å². The third kappa shape index (κ3) is 2.38. The summed E-state index contributed by atoms with van der Waals surface area (Å²) in [5.41, 5.74) is 1.82. The van der Waals surface area contributed by atoms with Gasteiger partial charge < -0.3 is 9.30 Å². The number of benzene rings is 1. The number of methoxy groups -OCH3 is 1. The Kier molecular flexibility index (Phi) is 4.00. The van der Waals surface area contributed by atoms with Gasteiger partial charge in [0.2, 0.25) is 0 Å². The molecule has 0 aliphatic carbocycles. The number of para-hydroxylation sites is 2. The Morgan fingerprint density at radius 2 is 2.26 bits per heavy atom. The Balaban J connectivity index is 2.63. The first kappa shape index (κ1) is 13.3. The average molecular weight is 258 g/mol. The molecule has 0 aliphatic heterocycles. The van der Waals surface area contributed by atoms with E-state index in [1.54, 1.807) is 6.08 Å². The van der Waals surface area contributed by atoms with Gasteiger partial charge >= 0.3 is 5.97 Å². The lowest BCUT2D eigenvalue weighted by Crippen LogP contribution is -2.20. The lowest BCUT2D eigenvalue weighted by atomic mass is 10.2. The summed E-state index contributed by atoms with van der Waals surface area (Å²) in [6, 6.07) is 7.26. The molecule has 0 bridgehead atoms. The highest BCUT2D eigenvalue weighted by atomic mass is 16.5. The van der Waals surface area contributed by atoms with Gasteiger partial charge in [-0.1, -0.05) is 25.1 Å². The summed E-state index contributed by atoms with van der Waals surface area (Å²) in [4.78, 5) is 16.5. The van der Waals surface area contributed by atoms with Gasteiger partial charge in [-0.3, -0.25) is 0 Å². The fourth-order valence-corrected chi connectivity index (χ4v) is 2.23. The lowest BCUT2D eigenvalue weighted by Gasteiger charge is -2.16. The molecule has 0 fully saturated rings. The number of esters is 1. The SMILES string of the molecule is C=CC(C(=O)OC)n1c(CCC)nc2ccccc21. The summed E-state index contributed by atoms with van der Waals surface area (Å²) in [6.07, 6.45) is 3.38. The molecule has 0 N–H and O–H groups in total. The summed E-state index contributed by atoms with van der Waals surface area (Å²) >= 11 is 0. The Bertz CT molecular complexity index is 601. The number of nitrogens with zero attached hydrogens (tertiary/aromatic N) is 2. The number of aromatic nitrogens is 2. The molecule has 0 aliphatic rings. The zero-order chi connectivity index (χ0) is 13.8. The van der Waals surface area contributed by atoms with Crippen LogP contribution < -0.4 is 0 Å². The average Bonchev–Trinajstić information content (AvgIpc) is 2.78. The van der Waals surface area contributed by atoms with Crippen LogP contribution in [0.4, 0.5) is 0 Å². The van der Waals surface area contributed by atoms with Crippen molar-refractivity contribution in [3.8, 4) is 0 Å². The normalized spacial score (nSPS) is 12.3. The Morgan fingerprint density at radius 3 is 2.89 bits per heavy atom. The van der Waals surface area contributed by atoms with Crippen molar-refractivity contribution in [3.05, 3.63) is 42.7 Å². The fraction of sp³-hybridized carbons (Fsp3) is 0.333. The van der Waals surface area contributed by atoms with Crippen LogP contribution in [-0.4, -0.2) is 22.6 Å². The second-order valence-corrected chi connectivity index (χ2v) is 4.34.